The number of nitro groups is 1. The first kappa shape index (κ1) is 33.7. The number of likely N-dealkylation sites (N-methyl/N-ethyl adjacent to an activating group) is 1. The van der Waals surface area contributed by atoms with Crippen LogP contribution >= 0.6 is 0 Å². The molecule has 12 nitrogen and oxygen atoms in total. The minimum Gasteiger partial charge on any atom is -0.484 e. The van der Waals surface area contributed by atoms with Gasteiger partial charge in [-0.2, -0.15) is 13.2 Å². The van der Waals surface area contributed by atoms with Crippen LogP contribution in [0.25, 0.3) is 10.9 Å². The van der Waals surface area contributed by atoms with Gasteiger partial charge in [-0.1, -0.05) is 6.07 Å². The van der Waals surface area contributed by atoms with E-state index in [1.165, 1.54) is 30.7 Å². The lowest BCUT2D eigenvalue weighted by molar-refractivity contribution is -0.880. The van der Waals surface area contributed by atoms with Crippen LogP contribution in [0.1, 0.15) is 17.8 Å². The summed E-state index contributed by atoms with van der Waals surface area (Å²) in [5.41, 5.74) is 0.722. The molecule has 3 aromatic heterocycles. The summed E-state index contributed by atoms with van der Waals surface area (Å²) in [5.74, 6) is -1.26. The Balaban J connectivity index is 1.21. The maximum absolute atomic E-state index is 14.8. The molecule has 4 aromatic rings. The van der Waals surface area contributed by atoms with Crippen LogP contribution in [0.4, 0.5) is 29.1 Å². The fraction of sp³-hybridized carbons (Fsp3) is 0.250. The Morgan fingerprint density at radius 2 is 1.92 bits per heavy atom. The predicted molar refractivity (Wildman–Crippen MR) is 167 cm³/mol. The number of ether oxygens (including phenoxy) is 1. The molecule has 0 amide bonds. The van der Waals surface area contributed by atoms with Gasteiger partial charge in [0.2, 0.25) is 5.71 Å². The van der Waals surface area contributed by atoms with Gasteiger partial charge < -0.3 is 24.7 Å². The Hall–Kier alpha value is -5.64. The van der Waals surface area contributed by atoms with Gasteiger partial charge >= 0.3 is 12.0 Å². The Morgan fingerprint density at radius 1 is 1.10 bits per heavy atom. The second-order valence-electron chi connectivity index (χ2n) is 11.5. The number of benzene rings is 1. The number of quaternary nitrogens is 1. The molecule has 0 atom stereocenters. The zero-order chi connectivity index (χ0) is 34.5. The van der Waals surface area contributed by atoms with E-state index in [-0.39, 0.29) is 47.7 Å². The van der Waals surface area contributed by atoms with Gasteiger partial charge in [-0.15, -0.1) is 0 Å². The molecule has 5 rings (SSSR count). The van der Waals surface area contributed by atoms with Crippen LogP contribution in [0.2, 0.25) is 0 Å². The number of carbonyl (C=O) groups is 1. The highest BCUT2D eigenvalue weighted by atomic mass is 19.4. The van der Waals surface area contributed by atoms with Gasteiger partial charge in [0.1, 0.15) is 25.3 Å². The number of carbonyl (C=O) groups excluding carboxylic acids is 1. The van der Waals surface area contributed by atoms with Gasteiger partial charge in [0.25, 0.3) is 0 Å². The van der Waals surface area contributed by atoms with Gasteiger partial charge in [-0.3, -0.25) is 14.8 Å². The molecule has 0 unspecified atom stereocenters. The third kappa shape index (κ3) is 8.58. The molecule has 0 saturated heterocycles. The Labute approximate surface area is 271 Å². The molecule has 4 heterocycles. The molecule has 0 aliphatic carbocycles. The molecule has 248 valence electrons. The van der Waals surface area contributed by atoms with Crippen molar-refractivity contribution >= 4 is 33.9 Å². The summed E-state index contributed by atoms with van der Waals surface area (Å²) in [6, 6.07) is 11.4. The minimum atomic E-state index is -4.76. The number of anilines is 2. The monoisotopic (exact) mass is 665 g/mol. The number of rotatable bonds is 13. The number of nitrogens with one attached hydrogen (secondary N) is 1. The van der Waals surface area contributed by atoms with Gasteiger partial charge in [-0.25, -0.2) is 14.4 Å². The van der Waals surface area contributed by atoms with E-state index in [0.717, 1.165) is 0 Å². The van der Waals surface area contributed by atoms with Crippen molar-refractivity contribution in [2.24, 2.45) is 4.99 Å². The van der Waals surface area contributed by atoms with E-state index in [9.17, 15) is 32.5 Å². The third-order valence-corrected chi connectivity index (χ3v) is 7.19. The number of allylic oxidation sites excluding steroid dienone is 1. The number of aromatic nitrogens is 4. The highest BCUT2D eigenvalue weighted by Crippen LogP contribution is 2.31. The number of ketones is 1. The van der Waals surface area contributed by atoms with Crippen molar-refractivity contribution in [2.45, 2.75) is 25.6 Å². The number of halogens is 4. The topological polar surface area (TPSA) is 145 Å². The normalized spacial score (nSPS) is 13.7. The van der Waals surface area contributed by atoms with E-state index < -0.39 is 34.9 Å². The Morgan fingerprint density at radius 3 is 2.62 bits per heavy atom. The van der Waals surface area contributed by atoms with E-state index in [1.807, 2.05) is 6.07 Å². The summed E-state index contributed by atoms with van der Waals surface area (Å²) >= 11 is 0. The standard InChI is InChI=1S/C32H29F4N8O4/c1-44(2,17-20-12-29(32(34,35)36)42-31(20)43(46)47)11-5-7-24(45)13-23-14-25-27(16-38-23)39-19-40-30(25)41-21-8-9-28(26(33)15-21)48-18-22-6-3-4-10-37-22/h3-10,14-16,19H,11-13,17-18H2,1-2H3,(H,39,40,41)/q+1/b7-5+. The smallest absolute Gasteiger partial charge is 0.454 e. The van der Waals surface area contributed by atoms with Crippen LogP contribution < -0.4 is 10.1 Å². The first-order valence-electron chi connectivity index (χ1n) is 14.5. The Kier molecular flexibility index (Phi) is 9.84. The van der Waals surface area contributed by atoms with Gasteiger partial charge in [-0.05, 0) is 52.4 Å². The molecule has 1 N–H and O–H groups in total. The first-order valence-corrected chi connectivity index (χ1v) is 14.5. The largest absolute Gasteiger partial charge is 0.484 e. The van der Waals surface area contributed by atoms with Crippen LogP contribution in [0.15, 0.2) is 89.7 Å². The molecule has 0 fully saturated rings. The summed E-state index contributed by atoms with van der Waals surface area (Å²) in [7, 11) is 3.36. The van der Waals surface area contributed by atoms with Crippen LogP contribution in [0.5, 0.6) is 5.75 Å². The molecule has 0 saturated carbocycles. The fourth-order valence-corrected chi connectivity index (χ4v) is 4.94. The van der Waals surface area contributed by atoms with Gasteiger partial charge in [0.15, 0.2) is 17.3 Å². The maximum Gasteiger partial charge on any atom is 0.454 e. The van der Waals surface area contributed by atoms with Crippen LogP contribution in [-0.2, 0) is 17.8 Å². The lowest BCUT2D eigenvalue weighted by atomic mass is 10.1. The van der Waals surface area contributed by atoms with Gasteiger partial charge in [0, 0.05) is 29.0 Å². The molecular weight excluding hydrogens is 636 g/mol. The summed E-state index contributed by atoms with van der Waals surface area (Å²) in [6.07, 6.45) is 1.84. The van der Waals surface area contributed by atoms with E-state index in [1.54, 1.807) is 50.6 Å². The average Bonchev–Trinajstić information content (AvgIpc) is 3.45. The van der Waals surface area contributed by atoms with Crippen molar-refractivity contribution < 1.29 is 36.5 Å². The highest BCUT2D eigenvalue weighted by Gasteiger charge is 2.47. The SMILES string of the molecule is C[N+](C)(C/C=C/C(=O)Cc1cc2c(Nc3ccc(OCc4ccccn4)c(F)c3)ncnc2cn1)CC1=C([N+](=O)[O-])N=C(C(F)(F)F)C1. The van der Waals surface area contributed by atoms with E-state index in [4.69, 9.17) is 4.74 Å². The van der Waals surface area contributed by atoms with Crippen molar-refractivity contribution in [3.63, 3.8) is 0 Å². The molecule has 1 aliphatic rings. The molecule has 0 spiro atoms. The number of hydrogen-bond donors (Lipinski definition) is 1. The molecular formula is C32H29F4N8O4+. The Bertz CT molecular complexity index is 1950. The number of fused-ring (bicyclic) bond motifs is 1. The number of nitrogens with zero attached hydrogens (tertiary/aromatic N) is 7. The van der Waals surface area contributed by atoms with Crippen molar-refractivity contribution in [2.75, 3.05) is 32.5 Å². The van der Waals surface area contributed by atoms with E-state index >= 15 is 0 Å². The van der Waals surface area contributed by atoms with Crippen molar-refractivity contribution in [3.05, 3.63) is 112 Å². The fourth-order valence-electron chi connectivity index (χ4n) is 4.94. The van der Waals surface area contributed by atoms with Crippen LogP contribution in [0.3, 0.4) is 0 Å². The third-order valence-electron chi connectivity index (χ3n) is 7.19. The van der Waals surface area contributed by atoms with Crippen molar-refractivity contribution in [3.8, 4) is 5.75 Å². The molecule has 1 aromatic carbocycles. The zero-order valence-corrected chi connectivity index (χ0v) is 25.7. The summed E-state index contributed by atoms with van der Waals surface area (Å²) in [5, 5.41) is 14.9. The molecule has 16 heteroatoms. The lowest BCUT2D eigenvalue weighted by Crippen LogP contribution is -2.41. The van der Waals surface area contributed by atoms with E-state index in [0.29, 0.717) is 33.8 Å². The number of aliphatic imine (C=N–C) groups is 1. The van der Waals surface area contributed by atoms with Crippen molar-refractivity contribution in [1.29, 1.82) is 0 Å². The molecule has 48 heavy (non-hydrogen) atoms. The van der Waals surface area contributed by atoms with E-state index in [2.05, 4.69) is 30.2 Å². The number of hydrogen-bond acceptors (Lipinski definition) is 10. The molecule has 0 radical (unpaired) electrons. The second kappa shape index (κ2) is 14.0. The average molecular weight is 666 g/mol. The molecule has 0 bridgehead atoms. The first-order chi connectivity index (χ1) is 22.8. The predicted octanol–water partition coefficient (Wildman–Crippen LogP) is 5.52. The number of pyridine rings is 2. The molecule has 1 aliphatic heterocycles. The summed E-state index contributed by atoms with van der Waals surface area (Å²) in [4.78, 5) is 43.3. The van der Waals surface area contributed by atoms with Crippen molar-refractivity contribution in [1.82, 2.24) is 19.9 Å². The minimum absolute atomic E-state index is 0.0309. The highest BCUT2D eigenvalue weighted by molar-refractivity contribution is 5.95. The quantitative estimate of drug-likeness (QED) is 0.0641. The van der Waals surface area contributed by atoms with Gasteiger partial charge in [0.05, 0.1) is 56.5 Å². The maximum atomic E-state index is 14.8. The van der Waals surface area contributed by atoms with Crippen LogP contribution in [-0.4, -0.2) is 74.2 Å². The summed E-state index contributed by atoms with van der Waals surface area (Å²) in [6.45, 7) is 0.245. The summed E-state index contributed by atoms with van der Waals surface area (Å²) < 4.78 is 59.7. The lowest BCUT2D eigenvalue weighted by Gasteiger charge is -2.28. The van der Waals surface area contributed by atoms with Crippen LogP contribution in [0, 0.1) is 15.9 Å². The number of alkyl halides is 3. The zero-order valence-electron chi connectivity index (χ0n) is 25.7. The second-order valence-corrected chi connectivity index (χ2v) is 11.5.